The van der Waals surface area contributed by atoms with Crippen LogP contribution >= 0.6 is 0 Å². The number of carbonyl (C=O) groups is 6. The maximum Gasteiger partial charge on any atom is 0.326 e. The first-order valence-corrected chi connectivity index (χ1v) is 12.7. The molecule has 4 amide bonds. The Balaban J connectivity index is 2.13. The highest BCUT2D eigenvalue weighted by Crippen LogP contribution is 2.19. The summed E-state index contributed by atoms with van der Waals surface area (Å²) in [6, 6.07) is 2.22. The molecule has 0 aliphatic carbocycles. The van der Waals surface area contributed by atoms with Crippen LogP contribution in [0.1, 0.15) is 45.1 Å². The molecule has 0 bridgehead atoms. The van der Waals surface area contributed by atoms with Crippen molar-refractivity contribution >= 4 is 46.5 Å². The summed E-state index contributed by atoms with van der Waals surface area (Å²) in [5, 5.41) is 26.1. The number of carbonyl (C=O) groups excluding carboxylic acids is 4. The Morgan fingerprint density at radius 3 is 2.10 bits per heavy atom. The van der Waals surface area contributed by atoms with Gasteiger partial charge in [-0.2, -0.15) is 0 Å². The minimum Gasteiger partial charge on any atom is -0.481 e. The van der Waals surface area contributed by atoms with Crippen molar-refractivity contribution in [3.63, 3.8) is 0 Å². The van der Waals surface area contributed by atoms with Crippen LogP contribution in [-0.4, -0.2) is 74.9 Å². The van der Waals surface area contributed by atoms with Gasteiger partial charge in [0.25, 0.3) is 0 Å². The number of fused-ring (bicyclic) bond motifs is 1. The number of benzene rings is 1. The first kappa shape index (κ1) is 31.8. The summed E-state index contributed by atoms with van der Waals surface area (Å²) in [4.78, 5) is 75.9. The first-order valence-electron chi connectivity index (χ1n) is 12.7. The second kappa shape index (κ2) is 14.6. The Morgan fingerprint density at radius 2 is 1.50 bits per heavy atom. The van der Waals surface area contributed by atoms with Crippen molar-refractivity contribution in [1.29, 1.82) is 0 Å². The van der Waals surface area contributed by atoms with Crippen LogP contribution in [0.3, 0.4) is 0 Å². The van der Waals surface area contributed by atoms with Crippen LogP contribution < -0.4 is 27.4 Å². The number of hydrogen-bond acceptors (Lipinski definition) is 7. The Kier molecular flexibility index (Phi) is 11.6. The number of nitrogens with one attached hydrogen (secondary N) is 4. The van der Waals surface area contributed by atoms with Crippen molar-refractivity contribution in [3.8, 4) is 0 Å². The molecule has 0 saturated heterocycles. The third kappa shape index (κ3) is 9.69. The van der Waals surface area contributed by atoms with Gasteiger partial charge >= 0.3 is 11.9 Å². The van der Waals surface area contributed by atoms with Gasteiger partial charge in [-0.15, -0.1) is 0 Å². The zero-order chi connectivity index (χ0) is 30.0. The minimum atomic E-state index is -1.58. The van der Waals surface area contributed by atoms with Gasteiger partial charge in [-0.05, 0) is 36.8 Å². The molecule has 2 rings (SSSR count). The average molecular weight is 561 g/mol. The van der Waals surface area contributed by atoms with E-state index in [1.54, 1.807) is 6.20 Å². The maximum atomic E-state index is 13.2. The van der Waals surface area contributed by atoms with E-state index in [0.29, 0.717) is 0 Å². The highest BCUT2D eigenvalue weighted by atomic mass is 16.4. The summed E-state index contributed by atoms with van der Waals surface area (Å²) in [5.74, 6) is -6.25. The van der Waals surface area contributed by atoms with Crippen molar-refractivity contribution in [2.24, 2.45) is 17.4 Å². The van der Waals surface area contributed by atoms with E-state index in [1.807, 2.05) is 38.1 Å². The molecule has 0 aliphatic heterocycles. The van der Waals surface area contributed by atoms with Crippen LogP contribution in [0.2, 0.25) is 0 Å². The highest BCUT2D eigenvalue weighted by Gasteiger charge is 2.32. The summed E-state index contributed by atoms with van der Waals surface area (Å²) in [7, 11) is 0. The number of aromatic amines is 1. The number of carboxylic acids is 2. The quantitative estimate of drug-likeness (QED) is 0.130. The predicted octanol–water partition coefficient (Wildman–Crippen LogP) is -0.637. The molecule has 218 valence electrons. The largest absolute Gasteiger partial charge is 0.481 e. The van der Waals surface area contributed by atoms with E-state index < -0.39 is 79.0 Å². The maximum absolute atomic E-state index is 13.2. The van der Waals surface area contributed by atoms with Gasteiger partial charge in [-0.3, -0.25) is 24.0 Å². The molecule has 0 saturated carbocycles. The van der Waals surface area contributed by atoms with Gasteiger partial charge in [0.2, 0.25) is 23.6 Å². The topological polar surface area (TPSA) is 247 Å². The van der Waals surface area contributed by atoms with Gasteiger partial charge in [0.1, 0.15) is 18.1 Å². The second-order valence-corrected chi connectivity index (χ2v) is 9.92. The standard InChI is InChI=1S/C26H36N6O8/c1-13(2)9-19(31-23(36)16(27)10-14-12-29-17-6-4-3-5-15(14)17)24(37)32-20(11-21(28)33)25(38)30-18(26(39)40)7-8-22(34)35/h3-6,12-13,16,18-20,29H,7-11,27H2,1-2H3,(H2,28,33)(H,30,38)(H,31,36)(H,32,37)(H,34,35)(H,39,40). The summed E-state index contributed by atoms with van der Waals surface area (Å²) < 4.78 is 0. The molecule has 0 fully saturated rings. The van der Waals surface area contributed by atoms with E-state index in [-0.39, 0.29) is 18.8 Å². The number of nitrogens with two attached hydrogens (primary N) is 2. The van der Waals surface area contributed by atoms with Crippen LogP contribution in [0.25, 0.3) is 10.9 Å². The lowest BCUT2D eigenvalue weighted by Gasteiger charge is -2.25. The van der Waals surface area contributed by atoms with E-state index >= 15 is 0 Å². The molecular formula is C26H36N6O8. The number of aromatic nitrogens is 1. The minimum absolute atomic E-state index is 0.0725. The van der Waals surface area contributed by atoms with Crippen LogP contribution in [0, 0.1) is 5.92 Å². The van der Waals surface area contributed by atoms with Crippen molar-refractivity contribution in [3.05, 3.63) is 36.0 Å². The molecule has 0 radical (unpaired) electrons. The zero-order valence-corrected chi connectivity index (χ0v) is 22.3. The monoisotopic (exact) mass is 560 g/mol. The zero-order valence-electron chi connectivity index (χ0n) is 22.3. The SMILES string of the molecule is CC(C)CC(NC(=O)C(N)Cc1c[nH]c2ccccc12)C(=O)NC(CC(N)=O)C(=O)NC(CCC(=O)O)C(=O)O. The van der Waals surface area contributed by atoms with Gasteiger partial charge in [-0.1, -0.05) is 32.0 Å². The molecule has 4 atom stereocenters. The number of para-hydroxylation sites is 1. The number of carboxylic acid groups (broad SMARTS) is 2. The fraction of sp³-hybridized carbons (Fsp3) is 0.462. The molecule has 40 heavy (non-hydrogen) atoms. The summed E-state index contributed by atoms with van der Waals surface area (Å²) >= 11 is 0. The Morgan fingerprint density at radius 1 is 0.900 bits per heavy atom. The smallest absolute Gasteiger partial charge is 0.326 e. The Hall–Kier alpha value is -4.46. The van der Waals surface area contributed by atoms with Crippen molar-refractivity contribution in [2.45, 2.75) is 70.1 Å². The van der Waals surface area contributed by atoms with Crippen LogP contribution in [0.5, 0.6) is 0 Å². The lowest BCUT2D eigenvalue weighted by Crippen LogP contribution is -2.58. The highest BCUT2D eigenvalue weighted by molar-refractivity contribution is 5.96. The fourth-order valence-electron chi connectivity index (χ4n) is 4.09. The molecule has 14 heteroatoms. The van der Waals surface area contributed by atoms with Gasteiger partial charge in [-0.25, -0.2) is 4.79 Å². The fourth-order valence-corrected chi connectivity index (χ4v) is 4.09. The summed E-state index contributed by atoms with van der Waals surface area (Å²) in [6.07, 6.45) is 0.485. The number of rotatable bonds is 16. The summed E-state index contributed by atoms with van der Waals surface area (Å²) in [5.41, 5.74) is 13.1. The van der Waals surface area contributed by atoms with Gasteiger partial charge in [0, 0.05) is 23.5 Å². The Labute approximate surface area is 230 Å². The van der Waals surface area contributed by atoms with E-state index in [2.05, 4.69) is 20.9 Å². The van der Waals surface area contributed by atoms with Gasteiger partial charge in [0.15, 0.2) is 0 Å². The van der Waals surface area contributed by atoms with Crippen molar-refractivity contribution in [1.82, 2.24) is 20.9 Å². The number of H-pyrrole nitrogens is 1. The number of amides is 4. The molecule has 0 aliphatic rings. The lowest BCUT2D eigenvalue weighted by atomic mass is 10.0. The molecule has 4 unspecified atom stereocenters. The molecule has 2 aromatic rings. The van der Waals surface area contributed by atoms with E-state index in [0.717, 1.165) is 16.5 Å². The number of aliphatic carboxylic acids is 2. The second-order valence-electron chi connectivity index (χ2n) is 9.92. The normalized spacial score (nSPS) is 14.1. The van der Waals surface area contributed by atoms with Gasteiger partial charge < -0.3 is 42.6 Å². The van der Waals surface area contributed by atoms with E-state index in [9.17, 15) is 33.9 Å². The molecule has 10 N–H and O–H groups in total. The molecule has 14 nitrogen and oxygen atoms in total. The molecular weight excluding hydrogens is 524 g/mol. The third-order valence-electron chi connectivity index (χ3n) is 6.09. The van der Waals surface area contributed by atoms with Crippen LogP contribution in [0.4, 0.5) is 0 Å². The van der Waals surface area contributed by atoms with Crippen LogP contribution in [-0.2, 0) is 35.2 Å². The van der Waals surface area contributed by atoms with Crippen LogP contribution in [0.15, 0.2) is 30.5 Å². The number of hydrogen-bond donors (Lipinski definition) is 8. The first-order chi connectivity index (χ1) is 18.8. The summed E-state index contributed by atoms with van der Waals surface area (Å²) in [6.45, 7) is 3.62. The van der Waals surface area contributed by atoms with Crippen molar-refractivity contribution in [2.75, 3.05) is 0 Å². The molecule has 0 spiro atoms. The van der Waals surface area contributed by atoms with E-state index in [1.165, 1.54) is 0 Å². The van der Waals surface area contributed by atoms with E-state index in [4.69, 9.17) is 16.6 Å². The third-order valence-corrected chi connectivity index (χ3v) is 6.09. The molecule has 1 aromatic heterocycles. The van der Waals surface area contributed by atoms with Gasteiger partial charge in [0.05, 0.1) is 12.5 Å². The molecule has 1 heterocycles. The number of primary amides is 1. The molecule has 1 aromatic carbocycles. The average Bonchev–Trinajstić information content (AvgIpc) is 3.27. The lowest BCUT2D eigenvalue weighted by molar-refractivity contribution is -0.143. The predicted molar refractivity (Wildman–Crippen MR) is 144 cm³/mol. The van der Waals surface area contributed by atoms with Crippen molar-refractivity contribution < 1.29 is 39.0 Å². The Bertz CT molecular complexity index is 1240.